The second-order valence-electron chi connectivity index (χ2n) is 6.87. The van der Waals surface area contributed by atoms with E-state index < -0.39 is 11.4 Å². The lowest BCUT2D eigenvalue weighted by atomic mass is 9.69. The molecule has 0 amide bonds. The normalized spacial score (nSPS) is 20.0. The van der Waals surface area contributed by atoms with Gasteiger partial charge in [-0.25, -0.2) is 0 Å². The van der Waals surface area contributed by atoms with E-state index in [1.165, 1.54) is 12.8 Å². The Bertz CT molecular complexity index is 602. The molecule has 1 N–H and O–H groups in total. The number of hydrogen-bond acceptors (Lipinski definition) is 4. The Balaban J connectivity index is 2.11. The number of carboxylic acid groups (broad SMARTS) is 1. The highest BCUT2D eigenvalue weighted by Gasteiger charge is 2.44. The van der Waals surface area contributed by atoms with Gasteiger partial charge in [0, 0.05) is 24.7 Å². The first-order valence-electron chi connectivity index (χ1n) is 8.87. The number of nitrogens with zero attached hydrogens (tertiary/aromatic N) is 1. The lowest BCUT2D eigenvalue weighted by molar-refractivity contribution is -0.145. The molecule has 2 aliphatic rings. The first-order chi connectivity index (χ1) is 11.6. The van der Waals surface area contributed by atoms with Crippen molar-refractivity contribution in [3.63, 3.8) is 0 Å². The summed E-state index contributed by atoms with van der Waals surface area (Å²) in [7, 11) is 3.27. The molecular formula is C19H27NO4. The molecule has 0 bridgehead atoms. The predicted octanol–water partition coefficient (Wildman–Crippen LogP) is 3.59. The van der Waals surface area contributed by atoms with Gasteiger partial charge in [-0.2, -0.15) is 0 Å². The summed E-state index contributed by atoms with van der Waals surface area (Å²) in [5, 5.41) is 10.00. The smallest absolute Gasteiger partial charge is 0.314 e. The number of rotatable bonds is 5. The number of carboxylic acids is 1. The summed E-state index contributed by atoms with van der Waals surface area (Å²) >= 11 is 0. The van der Waals surface area contributed by atoms with Gasteiger partial charge in [-0.15, -0.1) is 0 Å². The van der Waals surface area contributed by atoms with E-state index in [2.05, 4.69) is 4.90 Å². The van der Waals surface area contributed by atoms with Gasteiger partial charge in [-0.1, -0.05) is 19.3 Å². The van der Waals surface area contributed by atoms with Crippen LogP contribution >= 0.6 is 0 Å². The fourth-order valence-electron chi connectivity index (χ4n) is 4.21. The van der Waals surface area contributed by atoms with Gasteiger partial charge in [-0.05, 0) is 31.7 Å². The Morgan fingerprint density at radius 1 is 1.00 bits per heavy atom. The van der Waals surface area contributed by atoms with Gasteiger partial charge in [0.2, 0.25) is 0 Å². The molecule has 5 heteroatoms. The van der Waals surface area contributed by atoms with Gasteiger partial charge in [0.15, 0.2) is 0 Å². The van der Waals surface area contributed by atoms with Crippen LogP contribution in [0.5, 0.6) is 11.5 Å². The predicted molar refractivity (Wildman–Crippen MR) is 93.4 cm³/mol. The van der Waals surface area contributed by atoms with Crippen LogP contribution in [0.25, 0.3) is 0 Å². The minimum absolute atomic E-state index is 0.658. The van der Waals surface area contributed by atoms with E-state index in [0.717, 1.165) is 49.4 Å². The van der Waals surface area contributed by atoms with Gasteiger partial charge < -0.3 is 19.5 Å². The molecule has 1 aliphatic carbocycles. The lowest BCUT2D eigenvalue weighted by Crippen LogP contribution is -2.38. The maximum atomic E-state index is 12.2. The van der Waals surface area contributed by atoms with Crippen molar-refractivity contribution in [2.45, 2.75) is 50.4 Å². The Morgan fingerprint density at radius 3 is 2.17 bits per heavy atom. The molecule has 5 nitrogen and oxygen atoms in total. The maximum Gasteiger partial charge on any atom is 0.314 e. The van der Waals surface area contributed by atoms with Crippen LogP contribution in [0.2, 0.25) is 0 Å². The third kappa shape index (κ3) is 2.80. The standard InChI is InChI=1S/C19H27NO4/c1-23-16-13-15(20-10-6-7-11-20)17(24-2)12-14(16)19(18(21)22)8-4-3-5-9-19/h12-13H,3-11H2,1-2H3,(H,21,22). The van der Waals surface area contributed by atoms with Gasteiger partial charge in [-0.3, -0.25) is 4.79 Å². The van der Waals surface area contributed by atoms with Gasteiger partial charge in [0.25, 0.3) is 0 Å². The van der Waals surface area contributed by atoms with E-state index in [9.17, 15) is 9.90 Å². The van der Waals surface area contributed by atoms with Crippen LogP contribution in [0, 0.1) is 0 Å². The summed E-state index contributed by atoms with van der Waals surface area (Å²) in [4.78, 5) is 14.5. The van der Waals surface area contributed by atoms with Gasteiger partial charge in [0.1, 0.15) is 11.5 Å². The molecule has 2 fully saturated rings. The number of hydrogen-bond donors (Lipinski definition) is 1. The van der Waals surface area contributed by atoms with Crippen LogP contribution < -0.4 is 14.4 Å². The number of anilines is 1. The van der Waals surface area contributed by atoms with Crippen molar-refractivity contribution in [2.24, 2.45) is 0 Å². The van der Waals surface area contributed by atoms with Gasteiger partial charge >= 0.3 is 5.97 Å². The summed E-state index contributed by atoms with van der Waals surface area (Å²) in [6.07, 6.45) is 6.63. The molecule has 0 unspecified atom stereocenters. The second kappa shape index (κ2) is 6.91. The molecule has 0 radical (unpaired) electrons. The molecular weight excluding hydrogens is 306 g/mol. The molecule has 1 aromatic carbocycles. The summed E-state index contributed by atoms with van der Waals surface area (Å²) in [5.74, 6) is 0.664. The van der Waals surface area contributed by atoms with E-state index in [4.69, 9.17) is 9.47 Å². The molecule has 3 rings (SSSR count). The number of methoxy groups -OCH3 is 2. The average molecular weight is 333 g/mol. The van der Waals surface area contributed by atoms with Crippen LogP contribution in [0.3, 0.4) is 0 Å². The Labute approximate surface area is 143 Å². The molecule has 1 saturated heterocycles. The topological polar surface area (TPSA) is 59.0 Å². The minimum atomic E-state index is -0.861. The molecule has 1 aromatic rings. The van der Waals surface area contributed by atoms with Gasteiger partial charge in [0.05, 0.1) is 25.3 Å². The molecule has 1 saturated carbocycles. The highest BCUT2D eigenvalue weighted by molar-refractivity contribution is 5.84. The van der Waals surface area contributed by atoms with Crippen LogP contribution in [0.15, 0.2) is 12.1 Å². The van der Waals surface area contributed by atoms with Crippen LogP contribution in [-0.2, 0) is 10.2 Å². The Morgan fingerprint density at radius 2 is 1.62 bits per heavy atom. The molecule has 1 aliphatic heterocycles. The van der Waals surface area contributed by atoms with Crippen molar-refractivity contribution in [3.8, 4) is 11.5 Å². The van der Waals surface area contributed by atoms with Crippen molar-refractivity contribution >= 4 is 11.7 Å². The summed E-state index contributed by atoms with van der Waals surface area (Å²) < 4.78 is 11.3. The monoisotopic (exact) mass is 333 g/mol. The van der Waals surface area contributed by atoms with Crippen molar-refractivity contribution in [1.82, 2.24) is 0 Å². The first kappa shape index (κ1) is 16.9. The molecule has 0 atom stereocenters. The Kier molecular flexibility index (Phi) is 4.88. The number of carbonyl (C=O) groups is 1. The molecule has 24 heavy (non-hydrogen) atoms. The average Bonchev–Trinajstić information content (AvgIpc) is 3.15. The van der Waals surface area contributed by atoms with E-state index in [1.807, 2.05) is 12.1 Å². The zero-order valence-corrected chi connectivity index (χ0v) is 14.6. The van der Waals surface area contributed by atoms with Crippen molar-refractivity contribution in [3.05, 3.63) is 17.7 Å². The second-order valence-corrected chi connectivity index (χ2v) is 6.87. The van der Waals surface area contributed by atoms with Crippen molar-refractivity contribution in [1.29, 1.82) is 0 Å². The molecule has 0 aromatic heterocycles. The zero-order valence-electron chi connectivity index (χ0n) is 14.6. The number of ether oxygens (including phenoxy) is 2. The van der Waals surface area contributed by atoms with E-state index in [1.54, 1.807) is 14.2 Å². The highest BCUT2D eigenvalue weighted by Crippen LogP contribution is 2.47. The molecule has 0 spiro atoms. The largest absolute Gasteiger partial charge is 0.496 e. The summed E-state index contributed by atoms with van der Waals surface area (Å²) in [6, 6.07) is 3.88. The fraction of sp³-hybridized carbons (Fsp3) is 0.632. The Hall–Kier alpha value is -1.91. The zero-order chi connectivity index (χ0) is 17.2. The highest BCUT2D eigenvalue weighted by atomic mass is 16.5. The minimum Gasteiger partial charge on any atom is -0.496 e. The summed E-state index contributed by atoms with van der Waals surface area (Å²) in [5.41, 5.74) is 0.907. The van der Waals surface area contributed by atoms with E-state index in [-0.39, 0.29) is 0 Å². The lowest BCUT2D eigenvalue weighted by Gasteiger charge is -2.35. The van der Waals surface area contributed by atoms with E-state index >= 15 is 0 Å². The maximum absolute atomic E-state index is 12.2. The van der Waals surface area contributed by atoms with Crippen LogP contribution in [-0.4, -0.2) is 38.4 Å². The first-order valence-corrected chi connectivity index (χ1v) is 8.87. The summed E-state index contributed by atoms with van der Waals surface area (Å²) in [6.45, 7) is 2.01. The third-order valence-electron chi connectivity index (χ3n) is 5.58. The number of benzene rings is 1. The fourth-order valence-corrected chi connectivity index (χ4v) is 4.21. The van der Waals surface area contributed by atoms with Crippen LogP contribution in [0.1, 0.15) is 50.5 Å². The molecule has 132 valence electrons. The SMILES string of the molecule is COc1cc(C2(C(=O)O)CCCCC2)c(OC)cc1N1CCCC1. The quantitative estimate of drug-likeness (QED) is 0.892. The third-order valence-corrected chi connectivity index (χ3v) is 5.58. The van der Waals surface area contributed by atoms with Crippen molar-refractivity contribution < 1.29 is 19.4 Å². The van der Waals surface area contributed by atoms with Crippen molar-refractivity contribution in [2.75, 3.05) is 32.2 Å². The van der Waals surface area contributed by atoms with Crippen LogP contribution in [0.4, 0.5) is 5.69 Å². The molecule has 1 heterocycles. The number of aliphatic carboxylic acids is 1. The van der Waals surface area contributed by atoms with E-state index in [0.29, 0.717) is 18.6 Å².